The van der Waals surface area contributed by atoms with Gasteiger partial charge in [0.2, 0.25) is 0 Å². The molecule has 1 saturated carbocycles. The molecule has 2 fully saturated rings. The minimum absolute atomic E-state index is 0.00156. The van der Waals surface area contributed by atoms with Gasteiger partial charge in [-0.25, -0.2) is 4.79 Å². The number of carbonyl (C=O) groups excluding carboxylic acids is 1. The SMILES string of the molecule is O=C(NC[C@@H]1CCCC[C@@H]1C(F)(F)F)N1CC[C@@](O)(C(F)(F)F)C1. The highest BCUT2D eigenvalue weighted by atomic mass is 19.4. The Morgan fingerprint density at radius 3 is 2.33 bits per heavy atom. The lowest BCUT2D eigenvalue weighted by Gasteiger charge is -2.33. The second-order valence-electron chi connectivity index (χ2n) is 6.58. The van der Waals surface area contributed by atoms with E-state index in [9.17, 15) is 36.2 Å². The third-order valence-electron chi connectivity index (χ3n) is 4.91. The molecule has 0 bridgehead atoms. The number of halogens is 6. The number of carbonyl (C=O) groups is 1. The molecule has 1 saturated heterocycles. The molecule has 1 heterocycles. The van der Waals surface area contributed by atoms with Gasteiger partial charge in [-0.1, -0.05) is 12.8 Å². The molecule has 2 amide bonds. The zero-order valence-corrected chi connectivity index (χ0v) is 12.9. The summed E-state index contributed by atoms with van der Waals surface area (Å²) >= 11 is 0. The van der Waals surface area contributed by atoms with Crippen LogP contribution in [0, 0.1) is 11.8 Å². The Kier molecular flexibility index (Phi) is 5.27. The second kappa shape index (κ2) is 6.61. The first-order chi connectivity index (χ1) is 10.9. The molecule has 3 atom stereocenters. The zero-order chi connectivity index (χ0) is 18.2. The van der Waals surface area contributed by atoms with Crippen molar-refractivity contribution in [3.05, 3.63) is 0 Å². The average molecular weight is 362 g/mol. The van der Waals surface area contributed by atoms with E-state index < -0.39 is 48.8 Å². The van der Waals surface area contributed by atoms with Gasteiger partial charge in [0, 0.05) is 19.5 Å². The molecule has 0 spiro atoms. The molecule has 0 radical (unpaired) electrons. The Labute approximate surface area is 135 Å². The number of likely N-dealkylation sites (tertiary alicyclic amines) is 1. The molecular weight excluding hydrogens is 342 g/mol. The second-order valence-corrected chi connectivity index (χ2v) is 6.58. The predicted molar refractivity (Wildman–Crippen MR) is 72.1 cm³/mol. The normalized spacial score (nSPS) is 32.0. The summed E-state index contributed by atoms with van der Waals surface area (Å²) < 4.78 is 77.0. The molecule has 10 heteroatoms. The van der Waals surface area contributed by atoms with Crippen molar-refractivity contribution in [2.75, 3.05) is 19.6 Å². The number of β-amino-alcohol motifs (C(OH)–C–C–N with tert-alkyl or cyclic N) is 1. The van der Waals surface area contributed by atoms with Gasteiger partial charge in [-0.3, -0.25) is 0 Å². The first-order valence-corrected chi connectivity index (χ1v) is 7.83. The molecule has 0 aromatic carbocycles. The molecule has 0 aromatic heterocycles. The third kappa shape index (κ3) is 4.07. The fourth-order valence-corrected chi connectivity index (χ4v) is 3.41. The monoisotopic (exact) mass is 362 g/mol. The molecule has 2 rings (SSSR count). The van der Waals surface area contributed by atoms with Crippen molar-refractivity contribution in [2.24, 2.45) is 11.8 Å². The van der Waals surface area contributed by atoms with Crippen LogP contribution in [0.25, 0.3) is 0 Å². The number of hydrogen-bond donors (Lipinski definition) is 2. The Bertz CT molecular complexity index is 467. The van der Waals surface area contributed by atoms with E-state index in [2.05, 4.69) is 5.32 Å². The Hall–Kier alpha value is -1.19. The number of amides is 2. The fraction of sp³-hybridized carbons (Fsp3) is 0.929. The maximum Gasteiger partial charge on any atom is 0.419 e. The minimum Gasteiger partial charge on any atom is -0.379 e. The Balaban J connectivity index is 1.89. The summed E-state index contributed by atoms with van der Waals surface area (Å²) in [4.78, 5) is 12.7. The lowest BCUT2D eigenvalue weighted by molar-refractivity contribution is -0.253. The first-order valence-electron chi connectivity index (χ1n) is 7.83. The van der Waals surface area contributed by atoms with Gasteiger partial charge < -0.3 is 15.3 Å². The van der Waals surface area contributed by atoms with E-state index in [0.29, 0.717) is 19.3 Å². The van der Waals surface area contributed by atoms with E-state index in [1.54, 1.807) is 0 Å². The van der Waals surface area contributed by atoms with Crippen LogP contribution in [-0.4, -0.2) is 53.6 Å². The van der Waals surface area contributed by atoms with Crippen molar-refractivity contribution in [2.45, 2.75) is 50.1 Å². The van der Waals surface area contributed by atoms with Gasteiger partial charge in [-0.05, 0) is 18.8 Å². The molecular formula is C14H20F6N2O2. The topological polar surface area (TPSA) is 52.6 Å². The van der Waals surface area contributed by atoms with Crippen LogP contribution in [0.4, 0.5) is 31.1 Å². The van der Waals surface area contributed by atoms with E-state index in [1.807, 2.05) is 0 Å². The number of hydrogen-bond acceptors (Lipinski definition) is 2. The highest BCUT2D eigenvalue weighted by molar-refractivity contribution is 5.74. The molecule has 1 aliphatic carbocycles. The number of rotatable bonds is 2. The average Bonchev–Trinajstić information content (AvgIpc) is 2.88. The van der Waals surface area contributed by atoms with Crippen LogP contribution in [0.3, 0.4) is 0 Å². The summed E-state index contributed by atoms with van der Waals surface area (Å²) in [6, 6.07) is -0.873. The standard InChI is InChI=1S/C14H20F6N2O2/c15-13(16,17)10-4-2-1-3-9(10)7-21-11(23)22-6-5-12(24,8-22)14(18,19)20/h9-10,24H,1-8H2,(H,21,23)/t9-,10-,12-/m0/s1. The maximum absolute atomic E-state index is 13.0. The molecule has 24 heavy (non-hydrogen) atoms. The van der Waals surface area contributed by atoms with E-state index in [-0.39, 0.29) is 19.5 Å². The van der Waals surface area contributed by atoms with Crippen LogP contribution in [0.1, 0.15) is 32.1 Å². The molecule has 4 nitrogen and oxygen atoms in total. The molecule has 0 unspecified atom stereocenters. The Morgan fingerprint density at radius 1 is 1.17 bits per heavy atom. The first kappa shape index (κ1) is 19.1. The van der Waals surface area contributed by atoms with Gasteiger partial charge in [-0.2, -0.15) is 26.3 Å². The molecule has 1 aliphatic heterocycles. The highest BCUT2D eigenvalue weighted by Crippen LogP contribution is 2.41. The number of alkyl halides is 6. The molecule has 0 aromatic rings. The van der Waals surface area contributed by atoms with Crippen molar-refractivity contribution in [3.8, 4) is 0 Å². The van der Waals surface area contributed by atoms with Crippen LogP contribution >= 0.6 is 0 Å². The number of nitrogens with zero attached hydrogens (tertiary/aromatic N) is 1. The van der Waals surface area contributed by atoms with Gasteiger partial charge in [0.05, 0.1) is 12.5 Å². The lowest BCUT2D eigenvalue weighted by atomic mass is 9.79. The van der Waals surface area contributed by atoms with Crippen molar-refractivity contribution in [3.63, 3.8) is 0 Å². The van der Waals surface area contributed by atoms with E-state index in [1.165, 1.54) is 0 Å². The van der Waals surface area contributed by atoms with Gasteiger partial charge in [0.15, 0.2) is 5.60 Å². The largest absolute Gasteiger partial charge is 0.419 e. The summed E-state index contributed by atoms with van der Waals surface area (Å²) in [5.41, 5.74) is -2.95. The van der Waals surface area contributed by atoms with Crippen molar-refractivity contribution < 1.29 is 36.2 Å². The molecule has 140 valence electrons. The van der Waals surface area contributed by atoms with Crippen molar-refractivity contribution in [1.82, 2.24) is 10.2 Å². The third-order valence-corrected chi connectivity index (χ3v) is 4.91. The van der Waals surface area contributed by atoms with E-state index in [0.717, 1.165) is 4.90 Å². The quantitative estimate of drug-likeness (QED) is 0.742. The van der Waals surface area contributed by atoms with Crippen molar-refractivity contribution in [1.29, 1.82) is 0 Å². The molecule has 2 aliphatic rings. The van der Waals surface area contributed by atoms with Crippen LogP contribution in [-0.2, 0) is 0 Å². The number of aliphatic hydroxyl groups is 1. The highest BCUT2D eigenvalue weighted by Gasteiger charge is 2.58. The summed E-state index contributed by atoms with van der Waals surface area (Å²) in [5.74, 6) is -2.27. The van der Waals surface area contributed by atoms with Crippen LogP contribution in [0.2, 0.25) is 0 Å². The van der Waals surface area contributed by atoms with E-state index in [4.69, 9.17) is 0 Å². The van der Waals surface area contributed by atoms with Crippen LogP contribution in [0.5, 0.6) is 0 Å². The fourth-order valence-electron chi connectivity index (χ4n) is 3.41. The predicted octanol–water partition coefficient (Wildman–Crippen LogP) is 3.06. The van der Waals surface area contributed by atoms with Gasteiger partial charge >= 0.3 is 18.4 Å². The number of urea groups is 1. The minimum atomic E-state index is -4.85. The number of nitrogens with one attached hydrogen (secondary N) is 1. The van der Waals surface area contributed by atoms with E-state index >= 15 is 0 Å². The summed E-state index contributed by atoms with van der Waals surface area (Å²) in [5, 5.41) is 11.8. The summed E-state index contributed by atoms with van der Waals surface area (Å²) in [6.45, 7) is -1.44. The smallest absolute Gasteiger partial charge is 0.379 e. The zero-order valence-electron chi connectivity index (χ0n) is 12.9. The van der Waals surface area contributed by atoms with Gasteiger partial charge in [0.25, 0.3) is 0 Å². The van der Waals surface area contributed by atoms with Gasteiger partial charge in [-0.15, -0.1) is 0 Å². The summed E-state index contributed by atoms with van der Waals surface area (Å²) in [7, 11) is 0. The van der Waals surface area contributed by atoms with Crippen molar-refractivity contribution >= 4 is 6.03 Å². The van der Waals surface area contributed by atoms with Crippen LogP contribution < -0.4 is 5.32 Å². The maximum atomic E-state index is 13.0. The Morgan fingerprint density at radius 2 is 1.79 bits per heavy atom. The lowest BCUT2D eigenvalue weighted by Crippen LogP contribution is -2.50. The molecule has 2 N–H and O–H groups in total. The van der Waals surface area contributed by atoms with Crippen LogP contribution in [0.15, 0.2) is 0 Å². The van der Waals surface area contributed by atoms with Gasteiger partial charge in [0.1, 0.15) is 0 Å². The summed E-state index contributed by atoms with van der Waals surface area (Å²) in [6.07, 6.45) is -8.42.